The molecule has 0 amide bonds. The van der Waals surface area contributed by atoms with Crippen molar-refractivity contribution in [3.8, 4) is 0 Å². The molecule has 1 aromatic rings. The molecule has 0 saturated carbocycles. The lowest BCUT2D eigenvalue weighted by molar-refractivity contribution is 0.0697. The zero-order valence-electron chi connectivity index (χ0n) is 11.7. The summed E-state index contributed by atoms with van der Waals surface area (Å²) in [5.74, 6) is -0.890. The number of nitrogens with one attached hydrogen (secondary N) is 1. The van der Waals surface area contributed by atoms with Gasteiger partial charge >= 0.3 is 5.97 Å². The number of unbranched alkanes of at least 4 members (excludes halogenated alkanes) is 1. The minimum absolute atomic E-state index is 0.325. The summed E-state index contributed by atoms with van der Waals surface area (Å²) in [6.45, 7) is 6.49. The van der Waals surface area contributed by atoms with Crippen LogP contribution >= 0.6 is 0 Å². The summed E-state index contributed by atoms with van der Waals surface area (Å²) in [6, 6.07) is 5.12. The van der Waals surface area contributed by atoms with E-state index in [0.717, 1.165) is 50.3 Å². The molecule has 0 saturated heterocycles. The molecule has 0 spiro atoms. The average molecular weight is 265 g/mol. The monoisotopic (exact) mass is 265 g/mol. The molecule has 0 aliphatic heterocycles. The molecule has 0 aliphatic carbocycles. The molecule has 0 fully saturated rings. The number of aryl methyl sites for hydroxylation is 1. The first-order chi connectivity index (χ1) is 9.15. The predicted octanol–water partition coefficient (Wildman–Crippen LogP) is 3.31. The SMILES string of the molecule is CCCCOCCCNc1ccc(C(=O)O)cc1C. The van der Waals surface area contributed by atoms with E-state index in [4.69, 9.17) is 9.84 Å². The van der Waals surface area contributed by atoms with Crippen LogP contribution in [0.5, 0.6) is 0 Å². The quantitative estimate of drug-likeness (QED) is 0.672. The molecule has 19 heavy (non-hydrogen) atoms. The maximum absolute atomic E-state index is 10.8. The van der Waals surface area contributed by atoms with Gasteiger partial charge in [0.2, 0.25) is 0 Å². The lowest BCUT2D eigenvalue weighted by Crippen LogP contribution is -2.08. The normalized spacial score (nSPS) is 10.4. The van der Waals surface area contributed by atoms with Gasteiger partial charge < -0.3 is 15.2 Å². The number of aromatic carboxylic acids is 1. The van der Waals surface area contributed by atoms with E-state index in [1.807, 2.05) is 13.0 Å². The van der Waals surface area contributed by atoms with Gasteiger partial charge in [-0.05, 0) is 43.5 Å². The van der Waals surface area contributed by atoms with Crippen molar-refractivity contribution in [1.82, 2.24) is 0 Å². The number of hydrogen-bond acceptors (Lipinski definition) is 3. The van der Waals surface area contributed by atoms with E-state index in [1.54, 1.807) is 12.1 Å². The van der Waals surface area contributed by atoms with Gasteiger partial charge in [0.05, 0.1) is 5.56 Å². The van der Waals surface area contributed by atoms with Crippen LogP contribution in [-0.2, 0) is 4.74 Å². The molecule has 0 atom stereocenters. The average Bonchev–Trinajstić information content (AvgIpc) is 2.39. The maximum atomic E-state index is 10.8. The van der Waals surface area contributed by atoms with Crippen molar-refractivity contribution in [3.05, 3.63) is 29.3 Å². The van der Waals surface area contributed by atoms with Crippen LogP contribution in [0.15, 0.2) is 18.2 Å². The van der Waals surface area contributed by atoms with Gasteiger partial charge in [0.15, 0.2) is 0 Å². The van der Waals surface area contributed by atoms with E-state index in [0.29, 0.717) is 5.56 Å². The minimum atomic E-state index is -0.890. The third kappa shape index (κ3) is 5.75. The first kappa shape index (κ1) is 15.5. The van der Waals surface area contributed by atoms with Crippen molar-refractivity contribution in [2.24, 2.45) is 0 Å². The topological polar surface area (TPSA) is 58.6 Å². The van der Waals surface area contributed by atoms with E-state index in [2.05, 4.69) is 12.2 Å². The summed E-state index contributed by atoms with van der Waals surface area (Å²) < 4.78 is 5.48. The Hall–Kier alpha value is -1.55. The summed E-state index contributed by atoms with van der Waals surface area (Å²) in [4.78, 5) is 10.8. The van der Waals surface area contributed by atoms with Gasteiger partial charge in [-0.1, -0.05) is 13.3 Å². The second-order valence-corrected chi connectivity index (χ2v) is 4.58. The van der Waals surface area contributed by atoms with Crippen LogP contribution < -0.4 is 5.32 Å². The number of anilines is 1. The standard InChI is InChI=1S/C15H23NO3/c1-3-4-9-19-10-5-8-16-14-7-6-13(15(17)18)11-12(14)2/h6-7,11,16H,3-5,8-10H2,1-2H3,(H,17,18). The maximum Gasteiger partial charge on any atom is 0.335 e. The van der Waals surface area contributed by atoms with Crippen LogP contribution in [0.4, 0.5) is 5.69 Å². The Labute approximate surface area is 114 Å². The predicted molar refractivity (Wildman–Crippen MR) is 77.0 cm³/mol. The Bertz CT molecular complexity index is 404. The second kappa shape index (κ2) is 8.53. The number of carboxylic acids is 1. The Morgan fingerprint density at radius 1 is 1.32 bits per heavy atom. The highest BCUT2D eigenvalue weighted by Crippen LogP contribution is 2.16. The van der Waals surface area contributed by atoms with Gasteiger partial charge in [0.1, 0.15) is 0 Å². The first-order valence-electron chi connectivity index (χ1n) is 6.80. The Balaban J connectivity index is 2.28. The molecule has 0 unspecified atom stereocenters. The number of benzene rings is 1. The van der Waals surface area contributed by atoms with Crippen LogP contribution in [0.3, 0.4) is 0 Å². The smallest absolute Gasteiger partial charge is 0.335 e. The molecule has 2 N–H and O–H groups in total. The Kier molecular flexibility index (Phi) is 6.97. The van der Waals surface area contributed by atoms with Gasteiger partial charge in [-0.15, -0.1) is 0 Å². The van der Waals surface area contributed by atoms with E-state index in [9.17, 15) is 4.79 Å². The molecule has 4 heteroatoms. The molecule has 1 aromatic carbocycles. The van der Waals surface area contributed by atoms with Crippen LogP contribution in [0.2, 0.25) is 0 Å². The van der Waals surface area contributed by atoms with Gasteiger partial charge in [0, 0.05) is 25.4 Å². The molecular formula is C15H23NO3. The molecular weight excluding hydrogens is 242 g/mol. The van der Waals surface area contributed by atoms with Crippen molar-refractivity contribution in [3.63, 3.8) is 0 Å². The number of carboxylic acid groups (broad SMARTS) is 1. The van der Waals surface area contributed by atoms with Gasteiger partial charge in [-0.3, -0.25) is 0 Å². The van der Waals surface area contributed by atoms with Crippen molar-refractivity contribution < 1.29 is 14.6 Å². The Morgan fingerprint density at radius 2 is 2.05 bits per heavy atom. The Morgan fingerprint density at radius 3 is 2.68 bits per heavy atom. The summed E-state index contributed by atoms with van der Waals surface area (Å²) in [5, 5.41) is 12.2. The number of ether oxygens (including phenoxy) is 1. The fourth-order valence-corrected chi connectivity index (χ4v) is 1.74. The third-order valence-electron chi connectivity index (χ3n) is 2.90. The zero-order valence-corrected chi connectivity index (χ0v) is 11.7. The molecule has 0 aliphatic rings. The van der Waals surface area contributed by atoms with Gasteiger partial charge in [-0.25, -0.2) is 4.79 Å². The largest absolute Gasteiger partial charge is 0.478 e. The zero-order chi connectivity index (χ0) is 14.1. The number of carbonyl (C=O) groups is 1. The van der Waals surface area contributed by atoms with Gasteiger partial charge in [-0.2, -0.15) is 0 Å². The van der Waals surface area contributed by atoms with Crippen LogP contribution in [0.1, 0.15) is 42.1 Å². The van der Waals surface area contributed by atoms with Crippen LogP contribution in [-0.4, -0.2) is 30.8 Å². The van der Waals surface area contributed by atoms with Crippen molar-refractivity contribution >= 4 is 11.7 Å². The molecule has 0 heterocycles. The molecule has 106 valence electrons. The highest BCUT2D eigenvalue weighted by Gasteiger charge is 2.04. The third-order valence-corrected chi connectivity index (χ3v) is 2.90. The van der Waals surface area contributed by atoms with E-state index in [-0.39, 0.29) is 0 Å². The van der Waals surface area contributed by atoms with Crippen LogP contribution in [0, 0.1) is 6.92 Å². The lowest BCUT2D eigenvalue weighted by Gasteiger charge is -2.10. The van der Waals surface area contributed by atoms with E-state index >= 15 is 0 Å². The minimum Gasteiger partial charge on any atom is -0.478 e. The summed E-state index contributed by atoms with van der Waals surface area (Å²) >= 11 is 0. The lowest BCUT2D eigenvalue weighted by atomic mass is 10.1. The molecule has 0 aromatic heterocycles. The summed E-state index contributed by atoms with van der Waals surface area (Å²) in [7, 11) is 0. The highest BCUT2D eigenvalue weighted by atomic mass is 16.5. The number of rotatable bonds is 9. The van der Waals surface area contributed by atoms with Crippen LogP contribution in [0.25, 0.3) is 0 Å². The molecule has 4 nitrogen and oxygen atoms in total. The van der Waals surface area contributed by atoms with Crippen molar-refractivity contribution in [2.45, 2.75) is 33.1 Å². The first-order valence-corrected chi connectivity index (χ1v) is 6.80. The molecule has 1 rings (SSSR count). The summed E-state index contributed by atoms with van der Waals surface area (Å²) in [6.07, 6.45) is 3.22. The highest BCUT2D eigenvalue weighted by molar-refractivity contribution is 5.88. The fourth-order valence-electron chi connectivity index (χ4n) is 1.74. The molecule has 0 radical (unpaired) electrons. The second-order valence-electron chi connectivity index (χ2n) is 4.58. The summed E-state index contributed by atoms with van der Waals surface area (Å²) in [5.41, 5.74) is 2.26. The fraction of sp³-hybridized carbons (Fsp3) is 0.533. The van der Waals surface area contributed by atoms with E-state index in [1.165, 1.54) is 0 Å². The van der Waals surface area contributed by atoms with Crippen molar-refractivity contribution in [2.75, 3.05) is 25.1 Å². The van der Waals surface area contributed by atoms with Gasteiger partial charge in [0.25, 0.3) is 0 Å². The van der Waals surface area contributed by atoms with Crippen molar-refractivity contribution in [1.29, 1.82) is 0 Å². The number of hydrogen-bond donors (Lipinski definition) is 2. The van der Waals surface area contributed by atoms with E-state index < -0.39 is 5.97 Å². The molecule has 0 bridgehead atoms.